The summed E-state index contributed by atoms with van der Waals surface area (Å²) in [5.41, 5.74) is 2.48. The average molecular weight is 621 g/mol. The molecular weight excluding hydrogens is 572 g/mol. The summed E-state index contributed by atoms with van der Waals surface area (Å²) in [5.74, 6) is 2.36. The molecule has 2 atom stereocenters. The summed E-state index contributed by atoms with van der Waals surface area (Å²) in [7, 11) is 0.405. The number of hydrogen-bond donors (Lipinski definition) is 1. The van der Waals surface area contributed by atoms with Crippen molar-refractivity contribution in [2.24, 2.45) is 11.8 Å². The molecule has 44 heavy (non-hydrogen) atoms. The standard InChI is InChI=1S/C33H48N6O4Si/c1-6-37-13-15-38(16-14-37)20-23-19-26(23)32(40)36-29-10-9-25-27(21-39(31(25)35-29)22-42-17-18-44(3,4)5)30-28(43-24-7-8-24)11-12-34-33(30)41-2/h9-12,21,23-24,26H,6-8,13-20,22H2,1-5H3,(H,35,36,40)/t23-,26+/m0/s1. The molecule has 2 saturated carbocycles. The van der Waals surface area contributed by atoms with Gasteiger partial charge in [0.15, 0.2) is 0 Å². The van der Waals surface area contributed by atoms with Crippen molar-refractivity contribution in [3.05, 3.63) is 30.6 Å². The van der Waals surface area contributed by atoms with E-state index in [0.29, 0.717) is 31.0 Å². The van der Waals surface area contributed by atoms with Gasteiger partial charge in [0.25, 0.3) is 0 Å². The molecule has 0 unspecified atom stereocenters. The number of nitrogens with zero attached hydrogens (tertiary/aromatic N) is 5. The average Bonchev–Trinajstić information content (AvgIpc) is 3.94. The smallest absolute Gasteiger partial charge is 0.228 e. The van der Waals surface area contributed by atoms with Crippen LogP contribution in [0.5, 0.6) is 11.6 Å². The number of ether oxygens (including phenoxy) is 3. The zero-order chi connectivity index (χ0) is 30.8. The predicted octanol–water partition coefficient (Wildman–Crippen LogP) is 5.17. The minimum absolute atomic E-state index is 0.0470. The molecule has 1 N–H and O–H groups in total. The molecular formula is C33H48N6O4Si. The molecule has 1 saturated heterocycles. The predicted molar refractivity (Wildman–Crippen MR) is 176 cm³/mol. The maximum Gasteiger partial charge on any atom is 0.228 e. The summed E-state index contributed by atoms with van der Waals surface area (Å²) in [6.07, 6.45) is 7.05. The van der Waals surface area contributed by atoms with Gasteiger partial charge < -0.3 is 33.9 Å². The van der Waals surface area contributed by atoms with Gasteiger partial charge >= 0.3 is 0 Å². The van der Waals surface area contributed by atoms with Crippen LogP contribution >= 0.6 is 0 Å². The van der Waals surface area contributed by atoms with Crippen LogP contribution in [0.1, 0.15) is 26.2 Å². The molecule has 0 radical (unpaired) electrons. The van der Waals surface area contributed by atoms with Gasteiger partial charge in [-0.15, -0.1) is 0 Å². The maximum atomic E-state index is 13.3. The molecule has 1 aliphatic heterocycles. The number of amides is 1. The first-order chi connectivity index (χ1) is 21.2. The largest absolute Gasteiger partial charge is 0.490 e. The quantitative estimate of drug-likeness (QED) is 0.195. The lowest BCUT2D eigenvalue weighted by Gasteiger charge is -2.34. The van der Waals surface area contributed by atoms with Crippen LogP contribution in [-0.2, 0) is 16.3 Å². The van der Waals surface area contributed by atoms with E-state index in [-0.39, 0.29) is 17.9 Å². The van der Waals surface area contributed by atoms with Crippen molar-refractivity contribution in [2.45, 2.75) is 64.7 Å². The highest BCUT2D eigenvalue weighted by atomic mass is 28.3. The third kappa shape index (κ3) is 7.44. The Labute approximate surface area is 262 Å². The first-order valence-corrected chi connectivity index (χ1v) is 20.0. The van der Waals surface area contributed by atoms with Crippen LogP contribution in [0.25, 0.3) is 22.2 Å². The second kappa shape index (κ2) is 13.2. The summed E-state index contributed by atoms with van der Waals surface area (Å²) in [4.78, 5) is 27.7. The van der Waals surface area contributed by atoms with E-state index < -0.39 is 8.07 Å². The Balaban J connectivity index is 1.22. The molecule has 238 valence electrons. The molecule has 6 rings (SSSR count). The van der Waals surface area contributed by atoms with Crippen molar-refractivity contribution in [2.75, 3.05) is 58.3 Å². The Morgan fingerprint density at radius 2 is 1.86 bits per heavy atom. The molecule has 0 aromatic carbocycles. The third-order valence-corrected chi connectivity index (χ3v) is 10.7. The van der Waals surface area contributed by atoms with Gasteiger partial charge in [-0.05, 0) is 56.0 Å². The molecule has 3 aliphatic rings. The van der Waals surface area contributed by atoms with Crippen LogP contribution in [-0.4, -0.2) is 97.4 Å². The van der Waals surface area contributed by atoms with Gasteiger partial charge in [-0.2, -0.15) is 0 Å². The lowest BCUT2D eigenvalue weighted by molar-refractivity contribution is -0.117. The van der Waals surface area contributed by atoms with E-state index in [2.05, 4.69) is 46.7 Å². The van der Waals surface area contributed by atoms with Gasteiger partial charge in [0.05, 0.1) is 18.8 Å². The van der Waals surface area contributed by atoms with E-state index in [9.17, 15) is 4.79 Å². The van der Waals surface area contributed by atoms with Gasteiger partial charge in [0.2, 0.25) is 11.8 Å². The van der Waals surface area contributed by atoms with E-state index in [1.165, 1.54) is 0 Å². The van der Waals surface area contributed by atoms with Crippen LogP contribution in [0.15, 0.2) is 30.6 Å². The summed E-state index contributed by atoms with van der Waals surface area (Å²) in [6.45, 7) is 16.9. The normalized spacial score (nSPS) is 21.0. The Morgan fingerprint density at radius 3 is 2.57 bits per heavy atom. The molecule has 3 aromatic heterocycles. The van der Waals surface area contributed by atoms with E-state index in [1.54, 1.807) is 13.3 Å². The van der Waals surface area contributed by atoms with Crippen molar-refractivity contribution in [1.82, 2.24) is 24.3 Å². The number of pyridine rings is 2. The Morgan fingerprint density at radius 1 is 1.09 bits per heavy atom. The molecule has 3 aromatic rings. The molecule has 3 fully saturated rings. The number of piperazine rings is 1. The van der Waals surface area contributed by atoms with Gasteiger partial charge in [0.1, 0.15) is 23.9 Å². The second-order valence-electron chi connectivity index (χ2n) is 13.8. The number of nitrogens with one attached hydrogen (secondary N) is 1. The number of carbonyl (C=O) groups excluding carboxylic acids is 1. The topological polar surface area (TPSA) is 94.0 Å². The minimum atomic E-state index is -1.23. The second-order valence-corrected chi connectivity index (χ2v) is 19.4. The number of likely N-dealkylation sites (N-methyl/N-ethyl adjacent to an activating group) is 1. The fraction of sp³-hybridized carbons (Fsp3) is 0.606. The molecule has 11 heteroatoms. The Kier molecular flexibility index (Phi) is 9.28. The number of rotatable bonds is 14. The summed E-state index contributed by atoms with van der Waals surface area (Å²) in [5, 5.41) is 4.05. The van der Waals surface area contributed by atoms with Crippen LogP contribution in [0.3, 0.4) is 0 Å². The van der Waals surface area contributed by atoms with Gasteiger partial charge in [0, 0.05) is 76.7 Å². The van der Waals surface area contributed by atoms with Gasteiger partial charge in [-0.1, -0.05) is 26.6 Å². The number of hydrogen-bond acceptors (Lipinski definition) is 8. The van der Waals surface area contributed by atoms with E-state index in [0.717, 1.165) is 92.5 Å². The third-order valence-electron chi connectivity index (χ3n) is 9.02. The highest BCUT2D eigenvalue weighted by molar-refractivity contribution is 6.76. The maximum absolute atomic E-state index is 13.3. The minimum Gasteiger partial charge on any atom is -0.490 e. The first kappa shape index (κ1) is 31.0. The number of methoxy groups -OCH3 is 1. The van der Waals surface area contributed by atoms with Crippen LogP contribution < -0.4 is 14.8 Å². The lowest BCUT2D eigenvalue weighted by atomic mass is 10.1. The SMILES string of the molecule is CCN1CCN(C[C@@H]2C[C@H]2C(=O)Nc2ccc3c(-c4c(OC5CC5)ccnc4OC)cn(COCC[Si](C)(C)C)c3n2)CC1. The van der Waals surface area contributed by atoms with Gasteiger partial charge in [-0.25, -0.2) is 9.97 Å². The zero-order valence-corrected chi connectivity index (χ0v) is 28.0. The first-order valence-electron chi connectivity index (χ1n) is 16.3. The highest BCUT2D eigenvalue weighted by Gasteiger charge is 2.44. The molecule has 0 bridgehead atoms. The van der Waals surface area contributed by atoms with E-state index in [1.807, 2.05) is 29.0 Å². The Bertz CT molecular complexity index is 1460. The van der Waals surface area contributed by atoms with Crippen molar-refractivity contribution in [3.63, 3.8) is 0 Å². The molecule has 10 nitrogen and oxygen atoms in total. The fourth-order valence-corrected chi connectivity index (χ4v) is 6.73. The summed E-state index contributed by atoms with van der Waals surface area (Å²) >= 11 is 0. The van der Waals surface area contributed by atoms with Gasteiger partial charge in [-0.3, -0.25) is 4.79 Å². The number of carbonyl (C=O) groups is 1. The van der Waals surface area contributed by atoms with Crippen molar-refractivity contribution in [1.29, 1.82) is 0 Å². The number of anilines is 1. The van der Waals surface area contributed by atoms with E-state index in [4.69, 9.17) is 19.2 Å². The molecule has 1 amide bonds. The summed E-state index contributed by atoms with van der Waals surface area (Å²) < 4.78 is 20.2. The fourth-order valence-electron chi connectivity index (χ4n) is 5.97. The number of aromatic nitrogens is 3. The molecule has 4 heterocycles. The van der Waals surface area contributed by atoms with Crippen molar-refractivity contribution in [3.8, 4) is 22.8 Å². The van der Waals surface area contributed by atoms with Crippen molar-refractivity contribution < 1.29 is 19.0 Å². The van der Waals surface area contributed by atoms with Crippen molar-refractivity contribution >= 4 is 30.8 Å². The zero-order valence-electron chi connectivity index (χ0n) is 27.0. The summed E-state index contributed by atoms with van der Waals surface area (Å²) in [6, 6.07) is 6.91. The van der Waals surface area contributed by atoms with E-state index >= 15 is 0 Å². The monoisotopic (exact) mass is 620 g/mol. The molecule has 2 aliphatic carbocycles. The van der Waals surface area contributed by atoms with Crippen LogP contribution in [0, 0.1) is 11.8 Å². The van der Waals surface area contributed by atoms with Crippen LogP contribution in [0.2, 0.25) is 25.7 Å². The molecule has 0 spiro atoms. The highest BCUT2D eigenvalue weighted by Crippen LogP contribution is 2.44. The lowest BCUT2D eigenvalue weighted by Crippen LogP contribution is -2.46. The van der Waals surface area contributed by atoms with Crippen LogP contribution in [0.4, 0.5) is 5.82 Å². The Hall–Kier alpha value is -2.99. The number of fused-ring (bicyclic) bond motifs is 1.